The average Bonchev–Trinajstić information content (AvgIpc) is 3.31. The molecule has 0 saturated heterocycles. The molecule has 0 spiro atoms. The third kappa shape index (κ3) is 51.8. The van der Waals surface area contributed by atoms with Gasteiger partial charge in [-0.15, -0.1) is 0 Å². The lowest BCUT2D eigenvalue weighted by Crippen LogP contribution is -2.45. The van der Waals surface area contributed by atoms with Crippen LogP contribution in [0.2, 0.25) is 0 Å². The van der Waals surface area contributed by atoms with Gasteiger partial charge in [0.15, 0.2) is 0 Å². The number of aliphatic hydroxyl groups excluding tert-OH is 2. The number of hydrogen-bond donors (Lipinski definition) is 3. The number of rotatable bonds is 55. The highest BCUT2D eigenvalue weighted by Crippen LogP contribution is 2.18. The molecular formula is C59H115NO5. The lowest BCUT2D eigenvalue weighted by molar-refractivity contribution is -0.143. The third-order valence-corrected chi connectivity index (χ3v) is 13.8. The molecule has 0 rings (SSSR count). The largest absolute Gasteiger partial charge is 0.466 e. The molecule has 386 valence electrons. The highest BCUT2D eigenvalue weighted by Gasteiger charge is 2.20. The fourth-order valence-corrected chi connectivity index (χ4v) is 9.28. The molecule has 0 aromatic carbocycles. The molecule has 0 aliphatic rings. The summed E-state index contributed by atoms with van der Waals surface area (Å²) in [5, 5.41) is 23.3. The Morgan fingerprint density at radius 1 is 0.415 bits per heavy atom. The first-order valence-corrected chi connectivity index (χ1v) is 29.4. The summed E-state index contributed by atoms with van der Waals surface area (Å²) in [6.45, 7) is 4.91. The Bertz CT molecular complexity index is 970. The summed E-state index contributed by atoms with van der Waals surface area (Å²) in [5.74, 6) is -0.0907. The van der Waals surface area contributed by atoms with Crippen LogP contribution in [0.1, 0.15) is 328 Å². The normalized spacial score (nSPS) is 12.6. The van der Waals surface area contributed by atoms with Crippen molar-refractivity contribution in [2.45, 2.75) is 341 Å². The molecule has 6 heteroatoms. The fourth-order valence-electron chi connectivity index (χ4n) is 9.28. The topological polar surface area (TPSA) is 95.9 Å². The van der Waals surface area contributed by atoms with Gasteiger partial charge in [-0.1, -0.05) is 276 Å². The molecule has 0 aromatic heterocycles. The number of carbonyl (C=O) groups is 2. The van der Waals surface area contributed by atoms with Crippen LogP contribution in [0.4, 0.5) is 0 Å². The zero-order valence-electron chi connectivity index (χ0n) is 44.0. The van der Waals surface area contributed by atoms with Crippen molar-refractivity contribution < 1.29 is 24.5 Å². The van der Waals surface area contributed by atoms with E-state index in [1.807, 2.05) is 0 Å². The van der Waals surface area contributed by atoms with E-state index < -0.39 is 12.1 Å². The summed E-state index contributed by atoms with van der Waals surface area (Å²) in [6.07, 6.45) is 64.9. The van der Waals surface area contributed by atoms with Crippen molar-refractivity contribution in [3.63, 3.8) is 0 Å². The molecule has 1 amide bonds. The molecule has 0 saturated carbocycles. The van der Waals surface area contributed by atoms with Crippen molar-refractivity contribution in [1.82, 2.24) is 5.32 Å². The van der Waals surface area contributed by atoms with Crippen molar-refractivity contribution >= 4 is 11.9 Å². The predicted octanol–water partition coefficient (Wildman–Crippen LogP) is 18.1. The Hall–Kier alpha value is -1.40. The van der Waals surface area contributed by atoms with Crippen LogP contribution in [-0.4, -0.2) is 47.4 Å². The molecule has 2 unspecified atom stereocenters. The van der Waals surface area contributed by atoms with Crippen LogP contribution in [0.25, 0.3) is 0 Å². The van der Waals surface area contributed by atoms with Gasteiger partial charge in [0.25, 0.3) is 0 Å². The van der Waals surface area contributed by atoms with Gasteiger partial charge in [-0.05, 0) is 51.4 Å². The predicted molar refractivity (Wildman–Crippen MR) is 283 cm³/mol. The molecule has 0 radical (unpaired) electrons. The quantitative estimate of drug-likeness (QED) is 0.0321. The van der Waals surface area contributed by atoms with Gasteiger partial charge >= 0.3 is 5.97 Å². The van der Waals surface area contributed by atoms with E-state index in [0.29, 0.717) is 25.9 Å². The zero-order chi connectivity index (χ0) is 47.2. The summed E-state index contributed by atoms with van der Waals surface area (Å²) < 4.78 is 5.46. The van der Waals surface area contributed by atoms with Gasteiger partial charge in [0.1, 0.15) is 0 Å². The number of nitrogens with one attached hydrogen (secondary N) is 1. The molecule has 0 aliphatic carbocycles. The molecule has 0 bridgehead atoms. The summed E-state index contributed by atoms with van der Waals surface area (Å²) >= 11 is 0. The van der Waals surface area contributed by atoms with E-state index in [1.165, 1.54) is 238 Å². The molecule has 65 heavy (non-hydrogen) atoms. The minimum Gasteiger partial charge on any atom is -0.466 e. The van der Waals surface area contributed by atoms with Crippen LogP contribution in [-0.2, 0) is 14.3 Å². The van der Waals surface area contributed by atoms with Crippen molar-refractivity contribution in [3.05, 3.63) is 12.2 Å². The first kappa shape index (κ1) is 63.6. The van der Waals surface area contributed by atoms with Gasteiger partial charge in [0.2, 0.25) is 5.91 Å². The maximum atomic E-state index is 12.5. The van der Waals surface area contributed by atoms with Gasteiger partial charge in [-0.2, -0.15) is 0 Å². The van der Waals surface area contributed by atoms with E-state index in [9.17, 15) is 19.8 Å². The smallest absolute Gasteiger partial charge is 0.305 e. The second kappa shape index (κ2) is 55.2. The van der Waals surface area contributed by atoms with Gasteiger partial charge in [0, 0.05) is 12.8 Å². The van der Waals surface area contributed by atoms with Gasteiger partial charge in [-0.25, -0.2) is 0 Å². The summed E-state index contributed by atoms with van der Waals surface area (Å²) in [5.41, 5.74) is 0. The van der Waals surface area contributed by atoms with Gasteiger partial charge < -0.3 is 20.3 Å². The molecule has 2 atom stereocenters. The highest BCUT2D eigenvalue weighted by molar-refractivity contribution is 5.76. The Labute approximate surface area is 406 Å². The number of esters is 1. The first-order valence-electron chi connectivity index (χ1n) is 29.4. The Morgan fingerprint density at radius 3 is 1.09 bits per heavy atom. The number of allylic oxidation sites excluding steroid dienone is 2. The lowest BCUT2D eigenvalue weighted by Gasteiger charge is -2.22. The maximum Gasteiger partial charge on any atom is 0.305 e. The molecule has 6 nitrogen and oxygen atoms in total. The van der Waals surface area contributed by atoms with Crippen LogP contribution >= 0.6 is 0 Å². The number of carbonyl (C=O) groups excluding carboxylic acids is 2. The van der Waals surface area contributed by atoms with Crippen LogP contribution < -0.4 is 5.32 Å². The average molecular weight is 919 g/mol. The molecule has 3 N–H and O–H groups in total. The highest BCUT2D eigenvalue weighted by atomic mass is 16.5. The van der Waals surface area contributed by atoms with E-state index >= 15 is 0 Å². The molecule has 0 fully saturated rings. The molecule has 0 aliphatic heterocycles. The summed E-state index contributed by atoms with van der Waals surface area (Å²) in [6, 6.07) is -0.562. The van der Waals surface area contributed by atoms with E-state index in [1.54, 1.807) is 0 Å². The fraction of sp³-hybridized carbons (Fsp3) is 0.932. The minimum atomic E-state index is -0.683. The Kier molecular flexibility index (Phi) is 54.0. The van der Waals surface area contributed by atoms with Crippen LogP contribution in [0, 0.1) is 0 Å². The van der Waals surface area contributed by atoms with Crippen molar-refractivity contribution in [1.29, 1.82) is 0 Å². The number of unbranched alkanes of at least 4 members (excludes halogenated alkanes) is 42. The summed E-state index contributed by atoms with van der Waals surface area (Å²) in [7, 11) is 0. The van der Waals surface area contributed by atoms with E-state index in [-0.39, 0.29) is 18.5 Å². The van der Waals surface area contributed by atoms with Gasteiger partial charge in [0.05, 0.1) is 25.4 Å². The monoisotopic (exact) mass is 918 g/mol. The zero-order valence-corrected chi connectivity index (χ0v) is 44.0. The minimum absolute atomic E-state index is 0.0315. The van der Waals surface area contributed by atoms with Crippen LogP contribution in [0.5, 0.6) is 0 Å². The molecular weight excluding hydrogens is 803 g/mol. The Balaban J connectivity index is 3.46. The standard InChI is InChI=1S/C59H115NO5/c1-3-5-7-9-11-13-15-17-19-20-21-22-23-24-25-26-27-29-30-32-35-39-43-47-51-57(62)56(55-61)60-58(63)52-48-44-40-36-34-38-42-46-50-54-65-59(64)53-49-45-41-37-33-31-28-18-16-14-12-10-8-6-4-2/h18,28,56-57,61-62H,3-17,19-27,29-55H2,1-2H3,(H,60,63)/b28-18-. The first-order chi connectivity index (χ1) is 32.0. The van der Waals surface area contributed by atoms with Gasteiger partial charge in [-0.3, -0.25) is 9.59 Å². The second-order valence-corrected chi connectivity index (χ2v) is 20.3. The van der Waals surface area contributed by atoms with E-state index in [0.717, 1.165) is 57.8 Å². The maximum absolute atomic E-state index is 12.5. The van der Waals surface area contributed by atoms with Crippen molar-refractivity contribution in [3.8, 4) is 0 Å². The number of ether oxygens (including phenoxy) is 1. The Morgan fingerprint density at radius 2 is 0.723 bits per heavy atom. The van der Waals surface area contributed by atoms with Crippen LogP contribution in [0.3, 0.4) is 0 Å². The van der Waals surface area contributed by atoms with E-state index in [4.69, 9.17) is 4.74 Å². The lowest BCUT2D eigenvalue weighted by atomic mass is 10.0. The van der Waals surface area contributed by atoms with Crippen molar-refractivity contribution in [2.75, 3.05) is 13.2 Å². The molecule has 0 heterocycles. The third-order valence-electron chi connectivity index (χ3n) is 13.8. The van der Waals surface area contributed by atoms with E-state index in [2.05, 4.69) is 31.3 Å². The van der Waals surface area contributed by atoms with Crippen LogP contribution in [0.15, 0.2) is 12.2 Å². The summed E-state index contributed by atoms with van der Waals surface area (Å²) in [4.78, 5) is 24.6. The SMILES string of the molecule is CCCCCCCC/C=C\CCCCCCCC(=O)OCCCCCCCCCCCC(=O)NC(CO)C(O)CCCCCCCCCCCCCCCCCCCCCCCCCC. The number of hydrogen-bond acceptors (Lipinski definition) is 5. The second-order valence-electron chi connectivity index (χ2n) is 20.3. The molecule has 0 aromatic rings. The van der Waals surface area contributed by atoms with Crippen molar-refractivity contribution in [2.24, 2.45) is 0 Å². The number of amides is 1. The number of aliphatic hydroxyl groups is 2.